The molecule has 2 heterocycles. The first-order chi connectivity index (χ1) is 10.3. The third kappa shape index (κ3) is 4.99. The molecule has 2 amide bonds. The Kier molecular flexibility index (Phi) is 7.37. The van der Waals surface area contributed by atoms with Gasteiger partial charge < -0.3 is 10.2 Å². The SMILES string of the molecule is CC(C)C1CCCNC1=O.CC(C)C1CCN(C(C)C)C1=O. The van der Waals surface area contributed by atoms with Crippen LogP contribution in [0.15, 0.2) is 0 Å². The number of carbonyl (C=O) groups excluding carboxylic acids is 2. The van der Waals surface area contributed by atoms with Gasteiger partial charge in [-0.3, -0.25) is 9.59 Å². The van der Waals surface area contributed by atoms with Crippen LogP contribution in [0.5, 0.6) is 0 Å². The lowest BCUT2D eigenvalue weighted by atomic mass is 9.88. The monoisotopic (exact) mass is 310 g/mol. The predicted octanol–water partition coefficient (Wildman–Crippen LogP) is 3.07. The van der Waals surface area contributed by atoms with Crippen molar-refractivity contribution in [3.63, 3.8) is 0 Å². The second kappa shape index (κ2) is 8.54. The number of carbonyl (C=O) groups is 2. The van der Waals surface area contributed by atoms with Gasteiger partial charge in [0.1, 0.15) is 0 Å². The first-order valence-electron chi connectivity index (χ1n) is 8.83. The van der Waals surface area contributed by atoms with Crippen molar-refractivity contribution in [2.75, 3.05) is 13.1 Å². The molecule has 0 aliphatic carbocycles. The van der Waals surface area contributed by atoms with Gasteiger partial charge in [-0.15, -0.1) is 0 Å². The lowest BCUT2D eigenvalue weighted by Gasteiger charge is -2.24. The molecule has 0 spiro atoms. The lowest BCUT2D eigenvalue weighted by Crippen LogP contribution is -2.38. The van der Waals surface area contributed by atoms with Gasteiger partial charge in [0.25, 0.3) is 0 Å². The second-order valence-corrected chi connectivity index (χ2v) is 7.55. The van der Waals surface area contributed by atoms with Crippen LogP contribution >= 0.6 is 0 Å². The smallest absolute Gasteiger partial charge is 0.226 e. The molecule has 2 saturated heterocycles. The zero-order valence-corrected chi connectivity index (χ0v) is 15.2. The van der Waals surface area contributed by atoms with Crippen molar-refractivity contribution < 1.29 is 9.59 Å². The molecule has 2 aliphatic heterocycles. The van der Waals surface area contributed by atoms with Crippen LogP contribution < -0.4 is 5.32 Å². The summed E-state index contributed by atoms with van der Waals surface area (Å²) in [6.45, 7) is 14.5. The quantitative estimate of drug-likeness (QED) is 0.871. The number of likely N-dealkylation sites (tertiary alicyclic amines) is 1. The minimum absolute atomic E-state index is 0.251. The van der Waals surface area contributed by atoms with Gasteiger partial charge in [0, 0.05) is 31.0 Å². The average molecular weight is 310 g/mol. The molecular formula is C18H34N2O2. The van der Waals surface area contributed by atoms with Gasteiger partial charge >= 0.3 is 0 Å². The van der Waals surface area contributed by atoms with E-state index in [2.05, 4.69) is 46.9 Å². The van der Waals surface area contributed by atoms with Crippen LogP contribution in [0.25, 0.3) is 0 Å². The molecule has 2 rings (SSSR count). The molecule has 0 aromatic heterocycles. The van der Waals surface area contributed by atoms with E-state index in [-0.39, 0.29) is 17.7 Å². The highest BCUT2D eigenvalue weighted by Crippen LogP contribution is 2.26. The van der Waals surface area contributed by atoms with E-state index >= 15 is 0 Å². The van der Waals surface area contributed by atoms with Gasteiger partial charge in [-0.25, -0.2) is 0 Å². The molecule has 2 aliphatic rings. The Hall–Kier alpha value is -1.06. The fourth-order valence-electron chi connectivity index (χ4n) is 3.29. The maximum atomic E-state index is 11.7. The maximum Gasteiger partial charge on any atom is 0.226 e. The van der Waals surface area contributed by atoms with E-state index in [1.165, 1.54) is 0 Å². The van der Waals surface area contributed by atoms with Crippen molar-refractivity contribution in [1.82, 2.24) is 10.2 Å². The zero-order chi connectivity index (χ0) is 16.9. The highest BCUT2D eigenvalue weighted by atomic mass is 16.2. The topological polar surface area (TPSA) is 49.4 Å². The van der Waals surface area contributed by atoms with E-state index in [4.69, 9.17) is 0 Å². The van der Waals surface area contributed by atoms with E-state index in [0.29, 0.717) is 23.8 Å². The third-order valence-corrected chi connectivity index (χ3v) is 4.84. The first-order valence-corrected chi connectivity index (χ1v) is 8.83. The van der Waals surface area contributed by atoms with Gasteiger partial charge in [-0.1, -0.05) is 27.7 Å². The molecule has 0 aromatic rings. The molecule has 4 nitrogen and oxygen atoms in total. The van der Waals surface area contributed by atoms with E-state index in [0.717, 1.165) is 32.4 Å². The fourth-order valence-corrected chi connectivity index (χ4v) is 3.29. The molecule has 2 atom stereocenters. The molecule has 0 radical (unpaired) electrons. The molecule has 4 heteroatoms. The second-order valence-electron chi connectivity index (χ2n) is 7.55. The summed E-state index contributed by atoms with van der Waals surface area (Å²) in [4.78, 5) is 24.8. The van der Waals surface area contributed by atoms with E-state index < -0.39 is 0 Å². The van der Waals surface area contributed by atoms with Crippen LogP contribution in [0.2, 0.25) is 0 Å². The van der Waals surface area contributed by atoms with Crippen molar-refractivity contribution >= 4 is 11.8 Å². The summed E-state index contributed by atoms with van der Waals surface area (Å²) < 4.78 is 0. The van der Waals surface area contributed by atoms with Gasteiger partial charge in [0.05, 0.1) is 0 Å². The van der Waals surface area contributed by atoms with Crippen LogP contribution in [-0.2, 0) is 9.59 Å². The van der Waals surface area contributed by atoms with Crippen molar-refractivity contribution in [2.24, 2.45) is 23.7 Å². The summed E-state index contributed by atoms with van der Waals surface area (Å²) in [6, 6.07) is 0.376. The molecule has 2 unspecified atom stereocenters. The van der Waals surface area contributed by atoms with Gasteiger partial charge in [-0.2, -0.15) is 0 Å². The number of piperidine rings is 1. The zero-order valence-electron chi connectivity index (χ0n) is 15.2. The molecule has 1 N–H and O–H groups in total. The normalized spacial score (nSPS) is 25.6. The molecule has 0 bridgehead atoms. The number of rotatable bonds is 3. The maximum absolute atomic E-state index is 11.7. The van der Waals surface area contributed by atoms with E-state index in [1.807, 2.05) is 4.90 Å². The predicted molar refractivity (Wildman–Crippen MR) is 90.4 cm³/mol. The van der Waals surface area contributed by atoms with Crippen molar-refractivity contribution in [3.05, 3.63) is 0 Å². The Morgan fingerprint density at radius 1 is 0.955 bits per heavy atom. The van der Waals surface area contributed by atoms with E-state index in [9.17, 15) is 9.59 Å². The fraction of sp³-hybridized carbons (Fsp3) is 0.889. The number of nitrogens with one attached hydrogen (secondary N) is 1. The summed E-state index contributed by atoms with van der Waals surface area (Å²) in [6.07, 6.45) is 3.27. The number of hydrogen-bond acceptors (Lipinski definition) is 2. The Labute approximate surface area is 136 Å². The van der Waals surface area contributed by atoms with Gasteiger partial charge in [0.15, 0.2) is 0 Å². The summed E-state index contributed by atoms with van der Waals surface area (Å²) in [5.41, 5.74) is 0. The Bertz CT molecular complexity index is 359. The standard InChI is InChI=1S/C10H19NO.C8H15NO/c1-7(2)9-5-6-11(8(3)4)10(9)12;1-6(2)7-4-3-5-9-8(7)10/h7-9H,5-6H2,1-4H3;6-7H,3-5H2,1-2H3,(H,9,10). The number of amides is 2. The van der Waals surface area contributed by atoms with Gasteiger partial charge in [0.2, 0.25) is 11.8 Å². The summed E-state index contributed by atoms with van der Waals surface area (Å²) in [7, 11) is 0. The minimum Gasteiger partial charge on any atom is -0.356 e. The summed E-state index contributed by atoms with van der Waals surface area (Å²) >= 11 is 0. The third-order valence-electron chi connectivity index (χ3n) is 4.84. The number of nitrogens with zero attached hydrogens (tertiary/aromatic N) is 1. The highest BCUT2D eigenvalue weighted by molar-refractivity contribution is 5.81. The van der Waals surface area contributed by atoms with Crippen LogP contribution in [0.1, 0.15) is 60.8 Å². The molecule has 0 aromatic carbocycles. The summed E-state index contributed by atoms with van der Waals surface area (Å²) in [5, 5.41) is 2.87. The van der Waals surface area contributed by atoms with Crippen LogP contribution in [-0.4, -0.2) is 35.8 Å². The van der Waals surface area contributed by atoms with Crippen molar-refractivity contribution in [3.8, 4) is 0 Å². The Morgan fingerprint density at radius 2 is 1.55 bits per heavy atom. The van der Waals surface area contributed by atoms with Crippen molar-refractivity contribution in [1.29, 1.82) is 0 Å². The van der Waals surface area contributed by atoms with Gasteiger partial charge in [-0.05, 0) is 44.9 Å². The average Bonchev–Trinajstić information content (AvgIpc) is 2.81. The molecule has 2 fully saturated rings. The highest BCUT2D eigenvalue weighted by Gasteiger charge is 2.34. The van der Waals surface area contributed by atoms with Crippen LogP contribution in [0.3, 0.4) is 0 Å². The van der Waals surface area contributed by atoms with Crippen molar-refractivity contribution in [2.45, 2.75) is 66.8 Å². The number of hydrogen-bond donors (Lipinski definition) is 1. The Balaban J connectivity index is 0.000000224. The molecule has 128 valence electrons. The minimum atomic E-state index is 0.251. The molecule has 0 saturated carbocycles. The molecular weight excluding hydrogens is 276 g/mol. The summed E-state index contributed by atoms with van der Waals surface area (Å²) in [5.74, 6) is 2.17. The van der Waals surface area contributed by atoms with E-state index in [1.54, 1.807) is 0 Å². The Morgan fingerprint density at radius 3 is 1.86 bits per heavy atom. The molecule has 22 heavy (non-hydrogen) atoms. The largest absolute Gasteiger partial charge is 0.356 e. The van der Waals surface area contributed by atoms with Crippen LogP contribution in [0, 0.1) is 23.7 Å². The first kappa shape index (κ1) is 19.0. The lowest BCUT2D eigenvalue weighted by molar-refractivity contribution is -0.133. The van der Waals surface area contributed by atoms with Crippen LogP contribution in [0.4, 0.5) is 0 Å².